The summed E-state index contributed by atoms with van der Waals surface area (Å²) in [4.78, 5) is 22.5. The van der Waals surface area contributed by atoms with Gasteiger partial charge in [-0.15, -0.1) is 0 Å². The first-order valence-corrected chi connectivity index (χ1v) is 4.82. The normalized spacial score (nSPS) is 16.5. The van der Waals surface area contributed by atoms with Gasteiger partial charge in [-0.05, 0) is 17.5 Å². The van der Waals surface area contributed by atoms with Gasteiger partial charge in [-0.1, -0.05) is 36.4 Å². The second-order valence-electron chi connectivity index (χ2n) is 3.68. The standard InChI is InChI=1S/C12H10O4/c13-10(14)12(11(15)16)7-3-5-8-4-1-2-6-9(8)12/h1-4,6-7H,5H2,(H,13,14)(H,15,16). The molecule has 1 aliphatic rings. The molecule has 0 fully saturated rings. The van der Waals surface area contributed by atoms with E-state index in [0.717, 1.165) is 5.56 Å². The van der Waals surface area contributed by atoms with E-state index in [-0.39, 0.29) is 0 Å². The van der Waals surface area contributed by atoms with Gasteiger partial charge in [0, 0.05) is 0 Å². The Balaban J connectivity index is 2.72. The van der Waals surface area contributed by atoms with Gasteiger partial charge in [0.05, 0.1) is 0 Å². The van der Waals surface area contributed by atoms with Crippen LogP contribution in [0.1, 0.15) is 11.1 Å². The largest absolute Gasteiger partial charge is 0.480 e. The molecule has 0 atom stereocenters. The fraction of sp³-hybridized carbons (Fsp3) is 0.167. The first-order valence-electron chi connectivity index (χ1n) is 4.82. The number of aliphatic carboxylic acids is 2. The maximum atomic E-state index is 11.2. The van der Waals surface area contributed by atoms with Gasteiger partial charge in [0.1, 0.15) is 0 Å². The van der Waals surface area contributed by atoms with Crippen molar-refractivity contribution in [3.63, 3.8) is 0 Å². The maximum Gasteiger partial charge on any atom is 0.329 e. The summed E-state index contributed by atoms with van der Waals surface area (Å²) in [7, 11) is 0. The van der Waals surface area contributed by atoms with Crippen LogP contribution in [0.5, 0.6) is 0 Å². The van der Waals surface area contributed by atoms with E-state index in [2.05, 4.69) is 0 Å². The topological polar surface area (TPSA) is 74.6 Å². The molecule has 2 rings (SSSR count). The third-order valence-electron chi connectivity index (χ3n) is 2.82. The molecule has 0 radical (unpaired) electrons. The van der Waals surface area contributed by atoms with Crippen molar-refractivity contribution < 1.29 is 19.8 Å². The van der Waals surface area contributed by atoms with E-state index in [1.165, 1.54) is 6.08 Å². The number of carbonyl (C=O) groups is 2. The van der Waals surface area contributed by atoms with Gasteiger partial charge in [-0.2, -0.15) is 0 Å². The predicted octanol–water partition coefficient (Wildman–Crippen LogP) is 1.21. The zero-order valence-electron chi connectivity index (χ0n) is 8.38. The van der Waals surface area contributed by atoms with E-state index < -0.39 is 17.4 Å². The smallest absolute Gasteiger partial charge is 0.329 e. The fourth-order valence-corrected chi connectivity index (χ4v) is 2.00. The molecule has 0 bridgehead atoms. The molecule has 0 heterocycles. The van der Waals surface area contributed by atoms with Crippen LogP contribution in [0.4, 0.5) is 0 Å². The van der Waals surface area contributed by atoms with Crippen LogP contribution in [0.3, 0.4) is 0 Å². The molecule has 16 heavy (non-hydrogen) atoms. The van der Waals surface area contributed by atoms with Crippen molar-refractivity contribution in [1.29, 1.82) is 0 Å². The highest BCUT2D eigenvalue weighted by molar-refractivity contribution is 6.07. The number of hydrogen-bond acceptors (Lipinski definition) is 2. The molecule has 4 nitrogen and oxygen atoms in total. The molecule has 0 saturated heterocycles. The Morgan fingerprint density at radius 3 is 2.38 bits per heavy atom. The number of fused-ring (bicyclic) bond motifs is 1. The van der Waals surface area contributed by atoms with Crippen molar-refractivity contribution in [1.82, 2.24) is 0 Å². The van der Waals surface area contributed by atoms with Gasteiger partial charge >= 0.3 is 11.9 Å². The van der Waals surface area contributed by atoms with Gasteiger partial charge in [0.15, 0.2) is 0 Å². The van der Waals surface area contributed by atoms with E-state index >= 15 is 0 Å². The van der Waals surface area contributed by atoms with Crippen molar-refractivity contribution in [2.24, 2.45) is 0 Å². The lowest BCUT2D eigenvalue weighted by atomic mass is 9.74. The molecule has 0 spiro atoms. The third-order valence-corrected chi connectivity index (χ3v) is 2.82. The Labute approximate surface area is 91.8 Å². The third kappa shape index (κ3) is 1.23. The van der Waals surface area contributed by atoms with Crippen molar-refractivity contribution in [3.8, 4) is 0 Å². The molecule has 1 aromatic rings. The Morgan fingerprint density at radius 2 is 1.75 bits per heavy atom. The summed E-state index contributed by atoms with van der Waals surface area (Å²) in [5, 5.41) is 18.3. The molecule has 0 amide bonds. The van der Waals surface area contributed by atoms with E-state index in [4.69, 9.17) is 0 Å². The van der Waals surface area contributed by atoms with Crippen LogP contribution in [0.2, 0.25) is 0 Å². The summed E-state index contributed by atoms with van der Waals surface area (Å²) in [6.45, 7) is 0. The lowest BCUT2D eigenvalue weighted by Gasteiger charge is -2.27. The lowest BCUT2D eigenvalue weighted by Crippen LogP contribution is -2.43. The molecule has 0 unspecified atom stereocenters. The molecule has 0 aromatic heterocycles. The zero-order chi connectivity index (χ0) is 11.8. The van der Waals surface area contributed by atoms with E-state index in [1.54, 1.807) is 30.3 Å². The molecule has 1 aromatic carbocycles. The minimum absolute atomic E-state index is 0.345. The van der Waals surface area contributed by atoms with Gasteiger partial charge in [-0.3, -0.25) is 9.59 Å². The average molecular weight is 218 g/mol. The number of carboxylic acid groups (broad SMARTS) is 2. The molecule has 0 aliphatic heterocycles. The van der Waals surface area contributed by atoms with E-state index in [0.29, 0.717) is 12.0 Å². The summed E-state index contributed by atoms with van der Waals surface area (Å²) in [5.41, 5.74) is -0.846. The van der Waals surface area contributed by atoms with Crippen molar-refractivity contribution in [2.45, 2.75) is 11.8 Å². The minimum Gasteiger partial charge on any atom is -0.480 e. The fourth-order valence-electron chi connectivity index (χ4n) is 2.00. The van der Waals surface area contributed by atoms with Gasteiger partial charge in [0.25, 0.3) is 0 Å². The van der Waals surface area contributed by atoms with Gasteiger partial charge in [0.2, 0.25) is 5.41 Å². The van der Waals surface area contributed by atoms with Crippen LogP contribution in [0, 0.1) is 0 Å². The highest BCUT2D eigenvalue weighted by Crippen LogP contribution is 2.33. The number of hydrogen-bond donors (Lipinski definition) is 2. The first kappa shape index (κ1) is 10.4. The van der Waals surface area contributed by atoms with E-state index in [1.807, 2.05) is 0 Å². The second kappa shape index (κ2) is 3.48. The van der Waals surface area contributed by atoms with Crippen LogP contribution in [-0.4, -0.2) is 22.2 Å². The number of rotatable bonds is 2. The molecule has 4 heteroatoms. The molecular weight excluding hydrogens is 208 g/mol. The number of carboxylic acids is 2. The molecule has 1 aliphatic carbocycles. The van der Waals surface area contributed by atoms with Crippen LogP contribution in [0.25, 0.3) is 0 Å². The van der Waals surface area contributed by atoms with Crippen LogP contribution in [-0.2, 0) is 21.4 Å². The maximum absolute atomic E-state index is 11.2. The van der Waals surface area contributed by atoms with Gasteiger partial charge < -0.3 is 10.2 Å². The highest BCUT2D eigenvalue weighted by Gasteiger charge is 2.48. The van der Waals surface area contributed by atoms with E-state index in [9.17, 15) is 19.8 Å². The Bertz CT molecular complexity index is 474. The van der Waals surface area contributed by atoms with Crippen molar-refractivity contribution in [3.05, 3.63) is 47.5 Å². The molecule has 82 valence electrons. The summed E-state index contributed by atoms with van der Waals surface area (Å²) < 4.78 is 0. The SMILES string of the molecule is O=C(O)C1(C(=O)O)C=CCc2ccccc21. The minimum atomic E-state index is -1.94. The molecular formula is C12H10O4. The Hall–Kier alpha value is -2.10. The molecule has 2 N–H and O–H groups in total. The average Bonchev–Trinajstić information content (AvgIpc) is 2.27. The predicted molar refractivity (Wildman–Crippen MR) is 56.2 cm³/mol. The van der Waals surface area contributed by atoms with Crippen molar-refractivity contribution >= 4 is 11.9 Å². The Morgan fingerprint density at radius 1 is 1.12 bits per heavy atom. The Kier molecular flexibility index (Phi) is 2.27. The van der Waals surface area contributed by atoms with Crippen LogP contribution < -0.4 is 0 Å². The zero-order valence-corrected chi connectivity index (χ0v) is 8.38. The monoisotopic (exact) mass is 218 g/mol. The summed E-state index contributed by atoms with van der Waals surface area (Å²) in [5.74, 6) is -2.72. The van der Waals surface area contributed by atoms with Crippen LogP contribution in [0.15, 0.2) is 36.4 Å². The highest BCUT2D eigenvalue weighted by atomic mass is 16.4. The van der Waals surface area contributed by atoms with Crippen LogP contribution >= 0.6 is 0 Å². The second-order valence-corrected chi connectivity index (χ2v) is 3.68. The number of allylic oxidation sites excluding steroid dienone is 1. The summed E-state index contributed by atoms with van der Waals surface area (Å²) in [6.07, 6.45) is 3.41. The first-order chi connectivity index (χ1) is 7.59. The quantitative estimate of drug-likeness (QED) is 0.578. The summed E-state index contributed by atoms with van der Waals surface area (Å²) in [6, 6.07) is 6.73. The summed E-state index contributed by atoms with van der Waals surface area (Å²) >= 11 is 0. The van der Waals surface area contributed by atoms with Gasteiger partial charge in [-0.25, -0.2) is 0 Å². The van der Waals surface area contributed by atoms with Crippen molar-refractivity contribution in [2.75, 3.05) is 0 Å². The lowest BCUT2D eigenvalue weighted by molar-refractivity contribution is -0.154. The molecule has 0 saturated carbocycles. The number of benzene rings is 1.